The van der Waals surface area contributed by atoms with Crippen molar-refractivity contribution in [1.29, 1.82) is 0 Å². The summed E-state index contributed by atoms with van der Waals surface area (Å²) in [6.45, 7) is 9.41. The zero-order valence-electron chi connectivity index (χ0n) is 15.0. The minimum absolute atomic E-state index is 0.516. The van der Waals surface area contributed by atoms with Crippen LogP contribution in [0.4, 0.5) is 0 Å². The fourth-order valence-electron chi connectivity index (χ4n) is 3.13. The summed E-state index contributed by atoms with van der Waals surface area (Å²) in [4.78, 5) is 8.17. The molecule has 0 atom stereocenters. The molecule has 0 spiro atoms. The fraction of sp³-hybridized carbons (Fsp3) is 0.316. The number of fused-ring (bicyclic) bond motifs is 1. The number of aromatic nitrogens is 6. The maximum atomic E-state index is 4.79. The highest BCUT2D eigenvalue weighted by molar-refractivity contribution is 5.83. The van der Waals surface area contributed by atoms with E-state index in [1.807, 2.05) is 17.1 Å². The third-order valence-electron chi connectivity index (χ3n) is 4.38. The van der Waals surface area contributed by atoms with Crippen LogP contribution in [0.25, 0.3) is 33.8 Å². The highest BCUT2D eigenvalue weighted by atomic mass is 15.3. The smallest absolute Gasteiger partial charge is 0.176 e. The summed E-state index contributed by atoms with van der Waals surface area (Å²) >= 11 is 0. The minimum atomic E-state index is 0.516. The Labute approximate surface area is 146 Å². The van der Waals surface area contributed by atoms with Gasteiger partial charge in [-0.3, -0.25) is 5.10 Å². The summed E-state index contributed by atoms with van der Waals surface area (Å²) in [5.74, 6) is 1.33. The van der Waals surface area contributed by atoms with Gasteiger partial charge in [0, 0.05) is 12.1 Å². The molecule has 0 fully saturated rings. The van der Waals surface area contributed by atoms with Crippen molar-refractivity contribution in [1.82, 2.24) is 29.9 Å². The molecular formula is C19H22N6. The van der Waals surface area contributed by atoms with E-state index in [0.717, 1.165) is 40.4 Å². The molecule has 25 heavy (non-hydrogen) atoms. The predicted molar refractivity (Wildman–Crippen MR) is 99.2 cm³/mol. The first-order chi connectivity index (χ1) is 12.0. The Morgan fingerprint density at radius 3 is 2.76 bits per heavy atom. The first-order valence-electron chi connectivity index (χ1n) is 8.56. The second-order valence-electron chi connectivity index (χ2n) is 7.02. The molecule has 4 aromatic rings. The lowest BCUT2D eigenvalue weighted by atomic mass is 10.0. The van der Waals surface area contributed by atoms with Gasteiger partial charge in [-0.2, -0.15) is 10.2 Å². The summed E-state index contributed by atoms with van der Waals surface area (Å²) < 4.78 is 1.96. The van der Waals surface area contributed by atoms with Crippen LogP contribution in [-0.2, 0) is 6.54 Å². The number of imidazole rings is 1. The van der Waals surface area contributed by atoms with Gasteiger partial charge in [0.25, 0.3) is 0 Å². The molecule has 0 amide bonds. The van der Waals surface area contributed by atoms with Crippen molar-refractivity contribution in [3.8, 4) is 22.6 Å². The van der Waals surface area contributed by atoms with Crippen LogP contribution in [0.5, 0.6) is 0 Å². The molecule has 0 bridgehead atoms. The standard InChI is InChI=1S/C19H22N6/c1-11(2)10-25-19-16(9-21-25)22-18(23-19)15-8-20-24-17(15)14-7-12(3)5-6-13(14)4/h5-9,11H,10H2,1-4H3,(H,20,24)(H,22,23). The highest BCUT2D eigenvalue weighted by Crippen LogP contribution is 2.32. The van der Waals surface area contributed by atoms with Crippen LogP contribution in [0.2, 0.25) is 0 Å². The lowest BCUT2D eigenvalue weighted by Crippen LogP contribution is -2.05. The van der Waals surface area contributed by atoms with Gasteiger partial charge in [0.2, 0.25) is 0 Å². The van der Waals surface area contributed by atoms with E-state index in [1.54, 1.807) is 0 Å². The van der Waals surface area contributed by atoms with E-state index < -0.39 is 0 Å². The van der Waals surface area contributed by atoms with Crippen LogP contribution in [0.3, 0.4) is 0 Å². The van der Waals surface area contributed by atoms with Crippen molar-refractivity contribution in [2.24, 2.45) is 5.92 Å². The fourth-order valence-corrected chi connectivity index (χ4v) is 3.13. The molecule has 0 aliphatic heterocycles. The summed E-state index contributed by atoms with van der Waals surface area (Å²) in [6, 6.07) is 6.43. The van der Waals surface area contributed by atoms with Crippen LogP contribution in [0.15, 0.2) is 30.6 Å². The second kappa shape index (κ2) is 5.88. The van der Waals surface area contributed by atoms with E-state index in [2.05, 4.69) is 66.2 Å². The molecular weight excluding hydrogens is 312 g/mol. The number of H-pyrrole nitrogens is 2. The van der Waals surface area contributed by atoms with Gasteiger partial charge < -0.3 is 4.98 Å². The second-order valence-corrected chi connectivity index (χ2v) is 7.02. The van der Waals surface area contributed by atoms with Crippen LogP contribution in [0, 0.1) is 19.8 Å². The predicted octanol–water partition coefficient (Wildman–Crippen LogP) is 4.09. The van der Waals surface area contributed by atoms with Crippen molar-refractivity contribution in [3.63, 3.8) is 0 Å². The third kappa shape index (κ3) is 2.73. The highest BCUT2D eigenvalue weighted by Gasteiger charge is 2.17. The average Bonchev–Trinajstić information content (AvgIpc) is 3.25. The van der Waals surface area contributed by atoms with Crippen molar-refractivity contribution in [2.75, 3.05) is 0 Å². The zero-order chi connectivity index (χ0) is 17.6. The molecule has 0 radical (unpaired) electrons. The first kappa shape index (κ1) is 15.6. The Hall–Kier alpha value is -2.89. The molecule has 6 nitrogen and oxygen atoms in total. The van der Waals surface area contributed by atoms with Crippen molar-refractivity contribution < 1.29 is 0 Å². The van der Waals surface area contributed by atoms with Crippen LogP contribution in [0.1, 0.15) is 25.0 Å². The monoisotopic (exact) mass is 334 g/mol. The normalized spacial score (nSPS) is 11.7. The molecule has 3 aromatic heterocycles. The number of hydrogen-bond donors (Lipinski definition) is 2. The maximum Gasteiger partial charge on any atom is 0.176 e. The van der Waals surface area contributed by atoms with Crippen LogP contribution >= 0.6 is 0 Å². The van der Waals surface area contributed by atoms with Crippen molar-refractivity contribution in [2.45, 2.75) is 34.2 Å². The minimum Gasteiger partial charge on any atom is -0.335 e. The molecule has 0 saturated heterocycles. The van der Waals surface area contributed by atoms with E-state index in [-0.39, 0.29) is 0 Å². The van der Waals surface area contributed by atoms with Crippen LogP contribution < -0.4 is 0 Å². The molecule has 6 heteroatoms. The number of aryl methyl sites for hydroxylation is 2. The Bertz CT molecular complexity index is 1030. The number of nitrogens with one attached hydrogen (secondary N) is 2. The number of benzene rings is 1. The largest absolute Gasteiger partial charge is 0.335 e. The van der Waals surface area contributed by atoms with E-state index >= 15 is 0 Å². The molecule has 4 rings (SSSR count). The zero-order valence-corrected chi connectivity index (χ0v) is 15.0. The quantitative estimate of drug-likeness (QED) is 0.590. The maximum absolute atomic E-state index is 4.79. The van der Waals surface area contributed by atoms with Crippen LogP contribution in [-0.4, -0.2) is 29.9 Å². The number of nitrogens with zero attached hydrogens (tertiary/aromatic N) is 4. The van der Waals surface area contributed by atoms with Crippen molar-refractivity contribution >= 4 is 11.2 Å². The van der Waals surface area contributed by atoms with E-state index in [4.69, 9.17) is 4.98 Å². The molecule has 0 unspecified atom stereocenters. The van der Waals surface area contributed by atoms with Crippen molar-refractivity contribution in [3.05, 3.63) is 41.7 Å². The molecule has 0 saturated carbocycles. The van der Waals surface area contributed by atoms with Gasteiger partial charge in [0.1, 0.15) is 11.3 Å². The van der Waals surface area contributed by atoms with E-state index in [1.165, 1.54) is 11.1 Å². The molecule has 128 valence electrons. The summed E-state index contributed by atoms with van der Waals surface area (Å²) in [6.07, 6.45) is 3.67. The van der Waals surface area contributed by atoms with Gasteiger partial charge in [-0.1, -0.05) is 31.5 Å². The number of rotatable bonds is 4. The van der Waals surface area contributed by atoms with Gasteiger partial charge in [-0.25, -0.2) is 9.67 Å². The SMILES string of the molecule is Cc1ccc(C)c(-c2[nH]ncc2-c2nc3c(cnn3CC(C)C)[nH]2)c1. The average molecular weight is 334 g/mol. The molecule has 1 aromatic carbocycles. The summed E-state index contributed by atoms with van der Waals surface area (Å²) in [7, 11) is 0. The Morgan fingerprint density at radius 1 is 1.12 bits per heavy atom. The van der Waals surface area contributed by atoms with Gasteiger partial charge in [0.05, 0.1) is 23.7 Å². The van der Waals surface area contributed by atoms with Gasteiger partial charge >= 0.3 is 0 Å². The first-order valence-corrected chi connectivity index (χ1v) is 8.56. The Balaban J connectivity index is 1.81. The molecule has 0 aliphatic carbocycles. The number of hydrogen-bond acceptors (Lipinski definition) is 3. The van der Waals surface area contributed by atoms with Gasteiger partial charge in [-0.05, 0) is 31.4 Å². The summed E-state index contributed by atoms with van der Waals surface area (Å²) in [5.41, 5.74) is 7.37. The molecule has 0 aliphatic rings. The topological polar surface area (TPSA) is 75.2 Å². The lowest BCUT2D eigenvalue weighted by molar-refractivity contribution is 0.492. The molecule has 3 heterocycles. The van der Waals surface area contributed by atoms with E-state index in [9.17, 15) is 0 Å². The third-order valence-corrected chi connectivity index (χ3v) is 4.38. The van der Waals surface area contributed by atoms with Gasteiger partial charge in [-0.15, -0.1) is 0 Å². The summed E-state index contributed by atoms with van der Waals surface area (Å²) in [5, 5.41) is 11.8. The van der Waals surface area contributed by atoms with Gasteiger partial charge in [0.15, 0.2) is 5.65 Å². The van der Waals surface area contributed by atoms with E-state index in [0.29, 0.717) is 5.92 Å². The Kier molecular flexibility index (Phi) is 3.67. The number of aromatic amines is 2. The molecule has 2 N–H and O–H groups in total. The lowest BCUT2D eigenvalue weighted by Gasteiger charge is -2.07. The Morgan fingerprint density at radius 2 is 1.96 bits per heavy atom.